The SMILES string of the molecule is COCCN(Cc1cnn(C)c1)Cc1cccn1-c1cccnc1. The molecule has 3 rings (SSSR count). The molecule has 3 aromatic rings. The van der Waals surface area contributed by atoms with Crippen LogP contribution in [0.15, 0.2) is 55.2 Å². The number of hydrogen-bond acceptors (Lipinski definition) is 4. The number of hydrogen-bond donors (Lipinski definition) is 0. The van der Waals surface area contributed by atoms with E-state index < -0.39 is 0 Å². The lowest BCUT2D eigenvalue weighted by molar-refractivity contribution is 0.139. The second-order valence-electron chi connectivity index (χ2n) is 5.81. The number of nitrogens with zero attached hydrogens (tertiary/aromatic N) is 5. The third kappa shape index (κ3) is 4.10. The van der Waals surface area contributed by atoms with Gasteiger partial charge in [-0.1, -0.05) is 0 Å². The molecule has 0 N–H and O–H groups in total. The van der Waals surface area contributed by atoms with Crippen LogP contribution in [0.1, 0.15) is 11.3 Å². The van der Waals surface area contributed by atoms with Gasteiger partial charge in [-0.05, 0) is 24.3 Å². The van der Waals surface area contributed by atoms with E-state index in [2.05, 4.69) is 50.1 Å². The fraction of sp³-hybridized carbons (Fsp3) is 0.333. The van der Waals surface area contributed by atoms with Crippen LogP contribution in [0, 0.1) is 0 Å². The summed E-state index contributed by atoms with van der Waals surface area (Å²) in [5.41, 5.74) is 3.50. The van der Waals surface area contributed by atoms with Gasteiger partial charge in [0.1, 0.15) is 0 Å². The maximum Gasteiger partial charge on any atom is 0.0636 e. The van der Waals surface area contributed by atoms with Gasteiger partial charge in [0.2, 0.25) is 0 Å². The summed E-state index contributed by atoms with van der Waals surface area (Å²) < 4.78 is 9.28. The summed E-state index contributed by atoms with van der Waals surface area (Å²) in [4.78, 5) is 6.58. The van der Waals surface area contributed by atoms with Gasteiger partial charge in [0.05, 0.1) is 24.7 Å². The number of aromatic nitrogens is 4. The van der Waals surface area contributed by atoms with E-state index in [0.29, 0.717) is 6.61 Å². The summed E-state index contributed by atoms with van der Waals surface area (Å²) in [6, 6.07) is 8.24. The zero-order valence-corrected chi connectivity index (χ0v) is 14.2. The first-order valence-electron chi connectivity index (χ1n) is 8.01. The van der Waals surface area contributed by atoms with E-state index in [1.165, 1.54) is 11.3 Å². The minimum atomic E-state index is 0.702. The molecule has 0 aliphatic carbocycles. The Balaban J connectivity index is 1.76. The van der Waals surface area contributed by atoms with Crippen LogP contribution in [-0.2, 0) is 24.9 Å². The van der Waals surface area contributed by atoms with Gasteiger partial charge >= 0.3 is 0 Å². The highest BCUT2D eigenvalue weighted by Crippen LogP contribution is 2.15. The molecule has 0 unspecified atom stereocenters. The molecule has 0 fully saturated rings. The second-order valence-corrected chi connectivity index (χ2v) is 5.81. The first kappa shape index (κ1) is 16.4. The van der Waals surface area contributed by atoms with Crippen LogP contribution >= 0.6 is 0 Å². The molecule has 0 bridgehead atoms. The molecule has 0 aliphatic heterocycles. The van der Waals surface area contributed by atoms with E-state index in [1.807, 2.05) is 30.2 Å². The molecule has 0 aromatic carbocycles. The Morgan fingerprint density at radius 2 is 2.08 bits per heavy atom. The van der Waals surface area contributed by atoms with Crippen LogP contribution < -0.4 is 0 Å². The Labute approximate surface area is 142 Å². The molecule has 0 amide bonds. The standard InChI is InChI=1S/C18H23N5O/c1-21-13-16(11-20-21)14-22(9-10-24-2)15-18-6-4-8-23(18)17-5-3-7-19-12-17/h3-8,11-13H,9-10,14-15H2,1-2H3. The average molecular weight is 325 g/mol. The van der Waals surface area contributed by atoms with Crippen molar-refractivity contribution >= 4 is 0 Å². The quantitative estimate of drug-likeness (QED) is 0.637. The van der Waals surface area contributed by atoms with Crippen LogP contribution in [0.2, 0.25) is 0 Å². The second kappa shape index (κ2) is 7.90. The molecule has 6 nitrogen and oxygen atoms in total. The molecule has 3 heterocycles. The molecule has 6 heteroatoms. The zero-order valence-electron chi connectivity index (χ0n) is 14.2. The lowest BCUT2D eigenvalue weighted by Crippen LogP contribution is -2.27. The Hall–Kier alpha value is -2.44. The summed E-state index contributed by atoms with van der Waals surface area (Å²) in [5, 5.41) is 4.26. The van der Waals surface area contributed by atoms with Gasteiger partial charge in [-0.2, -0.15) is 5.10 Å². The molecular weight excluding hydrogens is 302 g/mol. The number of rotatable bonds is 8. The summed E-state index contributed by atoms with van der Waals surface area (Å²) in [5.74, 6) is 0. The van der Waals surface area contributed by atoms with Crippen molar-refractivity contribution < 1.29 is 4.74 Å². The monoisotopic (exact) mass is 325 g/mol. The lowest BCUT2D eigenvalue weighted by Gasteiger charge is -2.22. The predicted octanol–water partition coefficient (Wildman–Crippen LogP) is 2.25. The fourth-order valence-electron chi connectivity index (χ4n) is 2.77. The molecule has 0 saturated heterocycles. The predicted molar refractivity (Wildman–Crippen MR) is 92.8 cm³/mol. The number of aryl methyl sites for hydroxylation is 1. The van der Waals surface area contributed by atoms with Gasteiger partial charge in [0, 0.05) is 63.6 Å². The number of pyridine rings is 1. The Morgan fingerprint density at radius 1 is 1.17 bits per heavy atom. The van der Waals surface area contributed by atoms with E-state index in [0.717, 1.165) is 25.3 Å². The number of ether oxygens (including phenoxy) is 1. The highest BCUT2D eigenvalue weighted by atomic mass is 16.5. The van der Waals surface area contributed by atoms with Crippen molar-refractivity contribution in [1.82, 2.24) is 24.2 Å². The van der Waals surface area contributed by atoms with Gasteiger partial charge < -0.3 is 9.30 Å². The van der Waals surface area contributed by atoms with Crippen molar-refractivity contribution in [2.45, 2.75) is 13.1 Å². The molecule has 3 aromatic heterocycles. The highest BCUT2D eigenvalue weighted by molar-refractivity contribution is 5.32. The van der Waals surface area contributed by atoms with E-state index in [4.69, 9.17) is 4.74 Å². The topological polar surface area (TPSA) is 48.1 Å². The summed E-state index contributed by atoms with van der Waals surface area (Å²) in [6.45, 7) is 3.24. The van der Waals surface area contributed by atoms with Crippen molar-refractivity contribution in [3.8, 4) is 5.69 Å². The summed E-state index contributed by atoms with van der Waals surface area (Å²) >= 11 is 0. The zero-order chi connectivity index (χ0) is 16.8. The van der Waals surface area contributed by atoms with Gasteiger partial charge in [-0.3, -0.25) is 14.6 Å². The molecule has 0 radical (unpaired) electrons. The van der Waals surface area contributed by atoms with Crippen LogP contribution in [-0.4, -0.2) is 44.5 Å². The van der Waals surface area contributed by atoms with Crippen molar-refractivity contribution in [3.05, 3.63) is 66.5 Å². The van der Waals surface area contributed by atoms with Crippen molar-refractivity contribution in [3.63, 3.8) is 0 Å². The minimum Gasteiger partial charge on any atom is -0.383 e. The number of methoxy groups -OCH3 is 1. The summed E-state index contributed by atoms with van der Waals surface area (Å²) in [7, 11) is 3.68. The van der Waals surface area contributed by atoms with Crippen molar-refractivity contribution in [2.24, 2.45) is 7.05 Å². The van der Waals surface area contributed by atoms with Crippen molar-refractivity contribution in [1.29, 1.82) is 0 Å². The third-order valence-electron chi connectivity index (χ3n) is 3.92. The molecule has 0 saturated carbocycles. The van der Waals surface area contributed by atoms with Crippen LogP contribution in [0.4, 0.5) is 0 Å². The molecule has 0 spiro atoms. The lowest BCUT2D eigenvalue weighted by atomic mass is 10.3. The average Bonchev–Trinajstić information content (AvgIpc) is 3.22. The highest BCUT2D eigenvalue weighted by Gasteiger charge is 2.11. The Kier molecular flexibility index (Phi) is 5.40. The van der Waals surface area contributed by atoms with E-state index >= 15 is 0 Å². The molecule has 0 aliphatic rings. The molecule has 126 valence electrons. The van der Waals surface area contributed by atoms with Crippen LogP contribution in [0.5, 0.6) is 0 Å². The smallest absolute Gasteiger partial charge is 0.0636 e. The molecule has 0 atom stereocenters. The van der Waals surface area contributed by atoms with Gasteiger partial charge in [-0.25, -0.2) is 0 Å². The van der Waals surface area contributed by atoms with E-state index in [9.17, 15) is 0 Å². The van der Waals surface area contributed by atoms with Crippen molar-refractivity contribution in [2.75, 3.05) is 20.3 Å². The first-order chi connectivity index (χ1) is 11.8. The third-order valence-corrected chi connectivity index (χ3v) is 3.92. The van der Waals surface area contributed by atoms with Gasteiger partial charge in [-0.15, -0.1) is 0 Å². The van der Waals surface area contributed by atoms with E-state index in [1.54, 1.807) is 13.3 Å². The maximum absolute atomic E-state index is 5.27. The molecular formula is C18H23N5O. The van der Waals surface area contributed by atoms with Crippen LogP contribution in [0.25, 0.3) is 5.69 Å². The van der Waals surface area contributed by atoms with E-state index in [-0.39, 0.29) is 0 Å². The largest absolute Gasteiger partial charge is 0.383 e. The van der Waals surface area contributed by atoms with Gasteiger partial charge in [0.25, 0.3) is 0 Å². The molecule has 24 heavy (non-hydrogen) atoms. The minimum absolute atomic E-state index is 0.702. The maximum atomic E-state index is 5.27. The fourth-order valence-corrected chi connectivity index (χ4v) is 2.77. The summed E-state index contributed by atoms with van der Waals surface area (Å²) in [6.07, 6.45) is 9.72. The Bertz CT molecular complexity index is 750. The first-order valence-corrected chi connectivity index (χ1v) is 8.01. The van der Waals surface area contributed by atoms with Gasteiger partial charge in [0.15, 0.2) is 0 Å². The van der Waals surface area contributed by atoms with Crippen LogP contribution in [0.3, 0.4) is 0 Å². The Morgan fingerprint density at radius 3 is 2.79 bits per heavy atom. The normalized spacial score (nSPS) is 11.3.